The molecule has 4 heterocycles. The summed E-state index contributed by atoms with van der Waals surface area (Å²) in [6.07, 6.45) is 5.03. The fraction of sp³-hybridized carbons (Fsp3) is 0.0500. The van der Waals surface area contributed by atoms with Gasteiger partial charge in [-0.3, -0.25) is 9.78 Å². The zero-order chi connectivity index (χ0) is 18.2. The highest BCUT2D eigenvalue weighted by atomic mass is 16.1. The summed E-state index contributed by atoms with van der Waals surface area (Å²) in [6, 6.07) is 17.2. The lowest BCUT2D eigenvalue weighted by Gasteiger charge is -2.07. The molecule has 0 spiro atoms. The van der Waals surface area contributed by atoms with Crippen LogP contribution in [0.25, 0.3) is 28.1 Å². The minimum Gasteiger partial charge on any atom is -0.309 e. The Morgan fingerprint density at radius 3 is 2.59 bits per heavy atom. The van der Waals surface area contributed by atoms with E-state index >= 15 is 0 Å². The lowest BCUT2D eigenvalue weighted by molar-refractivity contribution is 0.745. The van der Waals surface area contributed by atoms with Crippen LogP contribution in [0, 0.1) is 0 Å². The second-order valence-electron chi connectivity index (χ2n) is 6.14. The molecule has 0 aliphatic heterocycles. The van der Waals surface area contributed by atoms with Crippen molar-refractivity contribution in [3.05, 3.63) is 89.2 Å². The fourth-order valence-electron chi connectivity index (χ4n) is 3.06. The van der Waals surface area contributed by atoms with Crippen LogP contribution in [0.5, 0.6) is 0 Å². The molecular weight excluding hydrogens is 340 g/mol. The van der Waals surface area contributed by atoms with Crippen molar-refractivity contribution in [2.24, 2.45) is 0 Å². The van der Waals surface area contributed by atoms with Crippen LogP contribution in [0.4, 0.5) is 0 Å². The molecule has 7 nitrogen and oxygen atoms in total. The van der Waals surface area contributed by atoms with Crippen molar-refractivity contribution in [2.75, 3.05) is 0 Å². The first-order valence-electron chi connectivity index (χ1n) is 8.50. The van der Waals surface area contributed by atoms with Gasteiger partial charge in [-0.2, -0.15) is 9.50 Å². The highest BCUT2D eigenvalue weighted by molar-refractivity contribution is 5.79. The third-order valence-corrected chi connectivity index (χ3v) is 4.40. The molecule has 0 saturated carbocycles. The predicted octanol–water partition coefficient (Wildman–Crippen LogP) is 2.55. The van der Waals surface area contributed by atoms with Gasteiger partial charge < -0.3 is 4.57 Å². The van der Waals surface area contributed by atoms with Gasteiger partial charge in [-0.15, -0.1) is 5.10 Å². The third-order valence-electron chi connectivity index (χ3n) is 4.40. The molecule has 0 atom stereocenters. The summed E-state index contributed by atoms with van der Waals surface area (Å²) in [7, 11) is 0. The fourth-order valence-corrected chi connectivity index (χ4v) is 3.06. The van der Waals surface area contributed by atoms with Crippen molar-refractivity contribution in [3.8, 4) is 11.4 Å². The van der Waals surface area contributed by atoms with Crippen molar-refractivity contribution in [3.63, 3.8) is 0 Å². The van der Waals surface area contributed by atoms with Gasteiger partial charge in [0.05, 0.1) is 23.1 Å². The average molecular weight is 354 g/mol. The molecule has 0 aliphatic carbocycles. The van der Waals surface area contributed by atoms with Crippen molar-refractivity contribution in [1.82, 2.24) is 29.1 Å². The number of hydrogen-bond acceptors (Lipinski definition) is 5. The number of rotatable bonds is 3. The Kier molecular flexibility index (Phi) is 3.50. The Morgan fingerprint density at radius 2 is 1.78 bits per heavy atom. The number of pyridine rings is 2. The van der Waals surface area contributed by atoms with Gasteiger partial charge in [-0.1, -0.05) is 36.4 Å². The maximum absolute atomic E-state index is 12.9. The summed E-state index contributed by atoms with van der Waals surface area (Å²) in [5.74, 6) is 1.04. The van der Waals surface area contributed by atoms with E-state index in [1.165, 1.54) is 0 Å². The van der Waals surface area contributed by atoms with Gasteiger partial charge in [0.2, 0.25) is 0 Å². The average Bonchev–Trinajstić information content (AvgIpc) is 3.16. The SMILES string of the molecule is O=c1c2cnc3nc(-c4ccccc4)nn3c2ccn1Cc1ccccn1. The Labute approximate surface area is 153 Å². The highest BCUT2D eigenvalue weighted by Crippen LogP contribution is 2.17. The summed E-state index contributed by atoms with van der Waals surface area (Å²) in [6.45, 7) is 0.403. The molecule has 5 rings (SSSR count). The molecular formula is C20H14N6O. The van der Waals surface area contributed by atoms with Crippen LogP contribution in [0.15, 0.2) is 78.0 Å². The topological polar surface area (TPSA) is 78.0 Å². The molecule has 0 N–H and O–H groups in total. The van der Waals surface area contributed by atoms with Gasteiger partial charge in [0, 0.05) is 24.2 Å². The number of fused-ring (bicyclic) bond motifs is 3. The molecule has 0 radical (unpaired) electrons. The summed E-state index contributed by atoms with van der Waals surface area (Å²) in [5, 5.41) is 5.04. The molecule has 130 valence electrons. The molecule has 1 aromatic carbocycles. The molecule has 7 heteroatoms. The van der Waals surface area contributed by atoms with Crippen molar-refractivity contribution < 1.29 is 0 Å². The first kappa shape index (κ1) is 15.4. The van der Waals surface area contributed by atoms with E-state index in [2.05, 4.69) is 20.1 Å². The number of hydrogen-bond donors (Lipinski definition) is 0. The van der Waals surface area contributed by atoms with Crippen LogP contribution in [0.3, 0.4) is 0 Å². The standard InChI is InChI=1S/C20H14N6O/c27-19-16-12-22-20-23-18(14-6-2-1-3-7-14)24-26(20)17(16)9-11-25(19)13-15-8-4-5-10-21-15/h1-12H,13H2. The van der Waals surface area contributed by atoms with Gasteiger partial charge in [-0.25, -0.2) is 4.98 Å². The minimum absolute atomic E-state index is 0.135. The Morgan fingerprint density at radius 1 is 0.926 bits per heavy atom. The molecule has 4 aromatic heterocycles. The summed E-state index contributed by atoms with van der Waals surface area (Å²) in [4.78, 5) is 26.0. The third kappa shape index (κ3) is 2.65. The van der Waals surface area contributed by atoms with Crippen LogP contribution in [0.1, 0.15) is 5.69 Å². The van der Waals surface area contributed by atoms with E-state index in [4.69, 9.17) is 0 Å². The number of nitrogens with zero attached hydrogens (tertiary/aromatic N) is 6. The summed E-state index contributed by atoms with van der Waals surface area (Å²) >= 11 is 0. The van der Waals surface area contributed by atoms with Crippen LogP contribution in [-0.2, 0) is 6.54 Å². The van der Waals surface area contributed by atoms with Gasteiger partial charge in [-0.05, 0) is 18.2 Å². The summed E-state index contributed by atoms with van der Waals surface area (Å²) < 4.78 is 3.23. The lowest BCUT2D eigenvalue weighted by Crippen LogP contribution is -2.21. The monoisotopic (exact) mass is 354 g/mol. The molecule has 5 aromatic rings. The second kappa shape index (κ2) is 6.14. The summed E-state index contributed by atoms with van der Waals surface area (Å²) in [5.41, 5.74) is 2.26. The normalized spacial score (nSPS) is 11.3. The van der Waals surface area contributed by atoms with Gasteiger partial charge in [0.25, 0.3) is 11.3 Å². The van der Waals surface area contributed by atoms with Gasteiger partial charge >= 0.3 is 0 Å². The highest BCUT2D eigenvalue weighted by Gasteiger charge is 2.12. The molecule has 0 saturated heterocycles. The maximum Gasteiger partial charge on any atom is 0.261 e. The quantitative estimate of drug-likeness (QED) is 0.498. The zero-order valence-electron chi connectivity index (χ0n) is 14.2. The molecule has 0 unspecified atom stereocenters. The van der Waals surface area contributed by atoms with Crippen LogP contribution >= 0.6 is 0 Å². The second-order valence-corrected chi connectivity index (χ2v) is 6.14. The Hall–Kier alpha value is -3.87. The first-order valence-corrected chi connectivity index (χ1v) is 8.50. The maximum atomic E-state index is 12.9. The Bertz CT molecular complexity index is 1310. The molecule has 27 heavy (non-hydrogen) atoms. The minimum atomic E-state index is -0.135. The van der Waals surface area contributed by atoms with Crippen molar-refractivity contribution in [1.29, 1.82) is 0 Å². The van der Waals surface area contributed by atoms with Crippen molar-refractivity contribution in [2.45, 2.75) is 6.54 Å². The smallest absolute Gasteiger partial charge is 0.261 e. The zero-order valence-corrected chi connectivity index (χ0v) is 14.2. The van der Waals surface area contributed by atoms with E-state index in [0.29, 0.717) is 29.0 Å². The molecule has 0 aliphatic rings. The van der Waals surface area contributed by atoms with Gasteiger partial charge in [0.1, 0.15) is 0 Å². The van der Waals surface area contributed by atoms with E-state index in [1.54, 1.807) is 27.7 Å². The lowest BCUT2D eigenvalue weighted by atomic mass is 10.2. The molecule has 0 fully saturated rings. The number of aromatic nitrogens is 6. The van der Waals surface area contributed by atoms with E-state index in [0.717, 1.165) is 11.3 Å². The first-order chi connectivity index (χ1) is 13.3. The van der Waals surface area contributed by atoms with Crippen molar-refractivity contribution >= 4 is 16.7 Å². The van der Waals surface area contributed by atoms with E-state index in [9.17, 15) is 4.79 Å². The Balaban J connectivity index is 1.65. The predicted molar refractivity (Wildman–Crippen MR) is 101 cm³/mol. The van der Waals surface area contributed by atoms with E-state index in [-0.39, 0.29) is 5.56 Å². The van der Waals surface area contributed by atoms with Crippen LogP contribution in [-0.4, -0.2) is 29.1 Å². The van der Waals surface area contributed by atoms with Gasteiger partial charge in [0.15, 0.2) is 5.82 Å². The van der Waals surface area contributed by atoms with E-state index in [1.807, 2.05) is 54.6 Å². The van der Waals surface area contributed by atoms with Crippen LogP contribution < -0.4 is 5.56 Å². The molecule has 0 amide bonds. The molecule has 0 bridgehead atoms. The van der Waals surface area contributed by atoms with Crippen LogP contribution in [0.2, 0.25) is 0 Å². The largest absolute Gasteiger partial charge is 0.309 e. The van der Waals surface area contributed by atoms with E-state index < -0.39 is 0 Å². The number of benzene rings is 1.